The number of aromatic nitrogens is 2. The fourth-order valence-corrected chi connectivity index (χ4v) is 6.68. The van der Waals surface area contributed by atoms with Crippen LogP contribution in [0, 0.1) is 5.92 Å². The normalized spacial score (nSPS) is 27.4. The molecule has 5 heterocycles. The van der Waals surface area contributed by atoms with E-state index in [1.165, 1.54) is 0 Å². The van der Waals surface area contributed by atoms with Gasteiger partial charge in [-0.15, -0.1) is 11.3 Å². The van der Waals surface area contributed by atoms with E-state index in [0.717, 1.165) is 65.8 Å². The molecule has 3 fully saturated rings. The van der Waals surface area contributed by atoms with Gasteiger partial charge in [-0.1, -0.05) is 30.3 Å². The van der Waals surface area contributed by atoms with Gasteiger partial charge < -0.3 is 20.6 Å². The molecule has 3 aromatic rings. The van der Waals surface area contributed by atoms with Gasteiger partial charge in [0.25, 0.3) is 0 Å². The van der Waals surface area contributed by atoms with E-state index in [4.69, 9.17) is 15.7 Å². The number of piperidine rings is 1. The van der Waals surface area contributed by atoms with Crippen molar-refractivity contribution < 1.29 is 9.90 Å². The highest BCUT2D eigenvalue weighted by Crippen LogP contribution is 2.45. The number of aliphatic hydroxyl groups is 1. The van der Waals surface area contributed by atoms with E-state index in [1.807, 2.05) is 6.07 Å². The van der Waals surface area contributed by atoms with E-state index >= 15 is 0 Å². The minimum absolute atomic E-state index is 0.151. The van der Waals surface area contributed by atoms with Crippen LogP contribution in [0.15, 0.2) is 35.7 Å². The summed E-state index contributed by atoms with van der Waals surface area (Å²) >= 11 is 1.64. The lowest BCUT2D eigenvalue weighted by Crippen LogP contribution is -2.45. The topological polar surface area (TPSA) is 95.6 Å². The maximum atomic E-state index is 11.7. The second-order valence-electron chi connectivity index (χ2n) is 9.29. The van der Waals surface area contributed by atoms with Crippen molar-refractivity contribution in [3.8, 4) is 11.1 Å². The van der Waals surface area contributed by atoms with Crippen LogP contribution in [0.2, 0.25) is 0 Å². The zero-order valence-corrected chi connectivity index (χ0v) is 18.7. The molecule has 3 N–H and O–H groups in total. The Kier molecular flexibility index (Phi) is 4.80. The Hall–Kier alpha value is -2.71. The van der Waals surface area contributed by atoms with E-state index < -0.39 is 0 Å². The summed E-state index contributed by atoms with van der Waals surface area (Å²) in [6.07, 6.45) is 4.26. The van der Waals surface area contributed by atoms with Gasteiger partial charge in [-0.05, 0) is 37.7 Å². The number of nitrogens with zero attached hydrogens (tertiary/aromatic N) is 4. The molecule has 2 bridgehead atoms. The number of hydrogen-bond donors (Lipinski definition) is 2. The van der Waals surface area contributed by atoms with Crippen molar-refractivity contribution in [2.75, 3.05) is 22.9 Å². The first kappa shape index (κ1) is 19.9. The van der Waals surface area contributed by atoms with Crippen molar-refractivity contribution >= 4 is 39.2 Å². The van der Waals surface area contributed by atoms with Crippen LogP contribution in [-0.4, -0.2) is 52.3 Å². The standard InChI is InChI=1S/C24H27N5O2S/c25-21(31)15-8-9-28(12-15)24-26-22(29-16-6-7-17(29)11-18(30)10-16)20-19(13-32-23(20)27-24)14-4-2-1-3-5-14/h1-5,13,15-18,30H,6-12H2,(H2,25,31). The maximum absolute atomic E-state index is 11.7. The Bertz CT molecular complexity index is 1150. The van der Waals surface area contributed by atoms with E-state index in [2.05, 4.69) is 39.4 Å². The van der Waals surface area contributed by atoms with Crippen molar-refractivity contribution in [3.63, 3.8) is 0 Å². The molecule has 3 aliphatic heterocycles. The number of nitrogens with two attached hydrogens (primary N) is 1. The number of carbonyl (C=O) groups is 1. The third kappa shape index (κ3) is 3.24. The average molecular weight is 450 g/mol. The van der Waals surface area contributed by atoms with Gasteiger partial charge in [0.05, 0.1) is 17.4 Å². The van der Waals surface area contributed by atoms with Crippen LogP contribution in [0.3, 0.4) is 0 Å². The molecule has 3 aliphatic rings. The number of carbonyl (C=O) groups excluding carboxylic acids is 1. The van der Waals surface area contributed by atoms with Crippen molar-refractivity contribution in [1.29, 1.82) is 0 Å². The van der Waals surface area contributed by atoms with Gasteiger partial charge in [-0.3, -0.25) is 4.79 Å². The van der Waals surface area contributed by atoms with Crippen LogP contribution in [0.5, 0.6) is 0 Å². The van der Waals surface area contributed by atoms with Gasteiger partial charge in [0, 0.05) is 36.1 Å². The van der Waals surface area contributed by atoms with Gasteiger partial charge in [-0.2, -0.15) is 4.98 Å². The molecule has 2 aromatic heterocycles. The van der Waals surface area contributed by atoms with Crippen molar-refractivity contribution in [3.05, 3.63) is 35.7 Å². The zero-order chi connectivity index (χ0) is 21.8. The zero-order valence-electron chi connectivity index (χ0n) is 17.9. The minimum atomic E-state index is -0.251. The van der Waals surface area contributed by atoms with E-state index in [0.29, 0.717) is 24.6 Å². The highest BCUT2D eigenvalue weighted by molar-refractivity contribution is 7.17. The Morgan fingerprint density at radius 2 is 1.84 bits per heavy atom. The number of aliphatic hydroxyl groups excluding tert-OH is 1. The number of rotatable bonds is 4. The SMILES string of the molecule is NC(=O)C1CCN(c2nc(N3C4CCC3CC(O)C4)c3c(-c4ccccc4)csc3n2)C1. The molecular formula is C24H27N5O2S. The lowest BCUT2D eigenvalue weighted by Gasteiger charge is -2.38. The number of fused-ring (bicyclic) bond motifs is 3. The number of amides is 1. The molecule has 7 nitrogen and oxygen atoms in total. The first-order chi connectivity index (χ1) is 15.6. The summed E-state index contributed by atoms with van der Waals surface area (Å²) in [5, 5.41) is 13.6. The number of benzene rings is 1. The predicted octanol–water partition coefficient (Wildman–Crippen LogP) is 3.16. The summed E-state index contributed by atoms with van der Waals surface area (Å²) in [6.45, 7) is 1.31. The summed E-state index contributed by atoms with van der Waals surface area (Å²) in [4.78, 5) is 27.3. The number of thiophene rings is 1. The van der Waals surface area contributed by atoms with Crippen LogP contribution in [0.1, 0.15) is 32.1 Å². The Balaban J connectivity index is 1.50. The largest absolute Gasteiger partial charge is 0.393 e. The first-order valence-electron chi connectivity index (χ1n) is 11.4. The molecule has 8 heteroatoms. The highest BCUT2D eigenvalue weighted by atomic mass is 32.1. The van der Waals surface area contributed by atoms with E-state index in [1.54, 1.807) is 11.3 Å². The molecule has 0 spiro atoms. The quantitative estimate of drug-likeness (QED) is 0.635. The smallest absolute Gasteiger partial charge is 0.228 e. The van der Waals surface area contributed by atoms with Gasteiger partial charge in [0.2, 0.25) is 11.9 Å². The van der Waals surface area contributed by atoms with Crippen LogP contribution in [0.25, 0.3) is 21.3 Å². The number of primary amides is 1. The summed E-state index contributed by atoms with van der Waals surface area (Å²) < 4.78 is 0. The van der Waals surface area contributed by atoms with Gasteiger partial charge >= 0.3 is 0 Å². The molecule has 6 rings (SSSR count). The second-order valence-corrected chi connectivity index (χ2v) is 10.2. The minimum Gasteiger partial charge on any atom is -0.393 e. The molecule has 32 heavy (non-hydrogen) atoms. The van der Waals surface area contributed by atoms with Crippen molar-refractivity contribution in [2.24, 2.45) is 11.7 Å². The number of anilines is 2. The lowest BCUT2D eigenvalue weighted by molar-refractivity contribution is -0.121. The van der Waals surface area contributed by atoms with Crippen LogP contribution >= 0.6 is 11.3 Å². The van der Waals surface area contributed by atoms with Gasteiger partial charge in [0.1, 0.15) is 10.6 Å². The highest BCUT2D eigenvalue weighted by Gasteiger charge is 2.42. The van der Waals surface area contributed by atoms with E-state index in [9.17, 15) is 9.90 Å². The fraction of sp³-hybridized carbons (Fsp3) is 0.458. The molecule has 0 saturated carbocycles. The van der Waals surface area contributed by atoms with Gasteiger partial charge in [0.15, 0.2) is 0 Å². The molecule has 0 aliphatic carbocycles. The Morgan fingerprint density at radius 1 is 1.09 bits per heavy atom. The van der Waals surface area contributed by atoms with Gasteiger partial charge in [-0.25, -0.2) is 4.98 Å². The number of hydrogen-bond acceptors (Lipinski definition) is 7. The van der Waals surface area contributed by atoms with Crippen molar-refractivity contribution in [2.45, 2.75) is 50.3 Å². The Morgan fingerprint density at radius 3 is 2.53 bits per heavy atom. The third-order valence-corrected chi connectivity index (χ3v) is 8.19. The fourth-order valence-electron chi connectivity index (χ4n) is 5.74. The lowest BCUT2D eigenvalue weighted by atomic mass is 9.98. The van der Waals surface area contributed by atoms with Crippen LogP contribution in [-0.2, 0) is 4.79 Å². The summed E-state index contributed by atoms with van der Waals surface area (Å²) in [5.41, 5.74) is 7.89. The van der Waals surface area contributed by atoms with Crippen LogP contribution < -0.4 is 15.5 Å². The monoisotopic (exact) mass is 449 g/mol. The predicted molar refractivity (Wildman–Crippen MR) is 127 cm³/mol. The average Bonchev–Trinajstić information content (AvgIpc) is 3.50. The van der Waals surface area contributed by atoms with Crippen LogP contribution in [0.4, 0.5) is 11.8 Å². The molecule has 1 aromatic carbocycles. The first-order valence-corrected chi connectivity index (χ1v) is 12.3. The molecule has 3 unspecified atom stereocenters. The van der Waals surface area contributed by atoms with E-state index in [-0.39, 0.29) is 17.9 Å². The maximum Gasteiger partial charge on any atom is 0.228 e. The molecule has 3 atom stereocenters. The molecule has 3 saturated heterocycles. The molecular weight excluding hydrogens is 422 g/mol. The summed E-state index contributed by atoms with van der Waals surface area (Å²) in [6, 6.07) is 11.0. The molecule has 1 amide bonds. The molecule has 0 radical (unpaired) electrons. The Labute approximate surface area is 190 Å². The summed E-state index contributed by atoms with van der Waals surface area (Å²) in [7, 11) is 0. The second kappa shape index (κ2) is 7.71. The third-order valence-electron chi connectivity index (χ3n) is 7.31. The molecule has 166 valence electrons. The summed E-state index contributed by atoms with van der Waals surface area (Å²) in [5.74, 6) is 1.26. The van der Waals surface area contributed by atoms with Crippen molar-refractivity contribution in [1.82, 2.24) is 9.97 Å².